The molecule has 0 radical (unpaired) electrons. The van der Waals surface area contributed by atoms with Gasteiger partial charge >= 0.3 is 0 Å². The van der Waals surface area contributed by atoms with E-state index in [2.05, 4.69) is 6.07 Å². The van der Waals surface area contributed by atoms with E-state index in [1.54, 1.807) is 7.11 Å². The quantitative estimate of drug-likeness (QED) is 0.796. The highest BCUT2D eigenvalue weighted by molar-refractivity contribution is 5.32. The van der Waals surface area contributed by atoms with Crippen molar-refractivity contribution in [2.75, 3.05) is 13.7 Å². The van der Waals surface area contributed by atoms with Gasteiger partial charge in [-0.05, 0) is 37.8 Å². The molecule has 96 valence electrons. The predicted octanol–water partition coefficient (Wildman–Crippen LogP) is 2.09. The van der Waals surface area contributed by atoms with Gasteiger partial charge in [-0.25, -0.2) is 0 Å². The van der Waals surface area contributed by atoms with Crippen LogP contribution >= 0.6 is 0 Å². The SMILES string of the molecule is COCCC(N)CC(O)c1cc(C)ccc1C. The van der Waals surface area contributed by atoms with Gasteiger partial charge in [0.25, 0.3) is 0 Å². The molecule has 2 atom stereocenters. The van der Waals surface area contributed by atoms with Gasteiger partial charge in [0.2, 0.25) is 0 Å². The average Bonchev–Trinajstić information content (AvgIpc) is 2.29. The summed E-state index contributed by atoms with van der Waals surface area (Å²) in [6, 6.07) is 6.10. The minimum Gasteiger partial charge on any atom is -0.388 e. The molecule has 0 heterocycles. The number of nitrogens with two attached hydrogens (primary N) is 1. The Morgan fingerprint density at radius 3 is 2.71 bits per heavy atom. The van der Waals surface area contributed by atoms with Gasteiger partial charge in [-0.2, -0.15) is 0 Å². The standard InChI is InChI=1S/C14H23NO2/c1-10-4-5-11(2)13(8-10)14(16)9-12(15)6-7-17-3/h4-5,8,12,14,16H,6-7,9,15H2,1-3H3. The maximum Gasteiger partial charge on any atom is 0.0807 e. The van der Waals surface area contributed by atoms with Crippen LogP contribution in [0.15, 0.2) is 18.2 Å². The molecule has 1 aromatic carbocycles. The van der Waals surface area contributed by atoms with E-state index in [1.807, 2.05) is 26.0 Å². The summed E-state index contributed by atoms with van der Waals surface area (Å²) in [5.74, 6) is 0. The molecule has 0 aliphatic rings. The summed E-state index contributed by atoms with van der Waals surface area (Å²) >= 11 is 0. The van der Waals surface area contributed by atoms with Gasteiger partial charge in [-0.15, -0.1) is 0 Å². The van der Waals surface area contributed by atoms with E-state index in [9.17, 15) is 5.11 Å². The second-order valence-corrected chi connectivity index (χ2v) is 4.65. The molecule has 3 nitrogen and oxygen atoms in total. The first-order valence-electron chi connectivity index (χ1n) is 6.04. The van der Waals surface area contributed by atoms with Crippen molar-refractivity contribution >= 4 is 0 Å². The Kier molecular flexibility index (Phi) is 5.62. The van der Waals surface area contributed by atoms with Crippen molar-refractivity contribution in [3.8, 4) is 0 Å². The maximum absolute atomic E-state index is 10.2. The van der Waals surface area contributed by atoms with Crippen molar-refractivity contribution in [1.29, 1.82) is 0 Å². The zero-order chi connectivity index (χ0) is 12.8. The Balaban J connectivity index is 2.62. The van der Waals surface area contributed by atoms with Crippen molar-refractivity contribution < 1.29 is 9.84 Å². The third-order valence-corrected chi connectivity index (χ3v) is 3.01. The van der Waals surface area contributed by atoms with Gasteiger partial charge in [-0.1, -0.05) is 23.8 Å². The number of methoxy groups -OCH3 is 1. The molecule has 0 saturated heterocycles. The third kappa shape index (κ3) is 4.46. The second-order valence-electron chi connectivity index (χ2n) is 4.65. The fraction of sp³-hybridized carbons (Fsp3) is 0.571. The van der Waals surface area contributed by atoms with E-state index in [1.165, 1.54) is 0 Å². The molecule has 1 rings (SSSR count). The number of aryl methyl sites for hydroxylation is 2. The minimum atomic E-state index is -0.484. The Hall–Kier alpha value is -0.900. The van der Waals surface area contributed by atoms with Crippen LogP contribution in [0.4, 0.5) is 0 Å². The van der Waals surface area contributed by atoms with E-state index in [-0.39, 0.29) is 6.04 Å². The lowest BCUT2D eigenvalue weighted by Crippen LogP contribution is -2.24. The highest BCUT2D eigenvalue weighted by Crippen LogP contribution is 2.23. The lowest BCUT2D eigenvalue weighted by Gasteiger charge is -2.18. The fourth-order valence-electron chi connectivity index (χ4n) is 1.92. The molecular weight excluding hydrogens is 214 g/mol. The van der Waals surface area contributed by atoms with Crippen molar-refractivity contribution in [3.63, 3.8) is 0 Å². The van der Waals surface area contributed by atoms with Crippen LogP contribution in [0.2, 0.25) is 0 Å². The van der Waals surface area contributed by atoms with E-state index < -0.39 is 6.10 Å². The number of benzene rings is 1. The summed E-state index contributed by atoms with van der Waals surface area (Å²) < 4.78 is 4.98. The maximum atomic E-state index is 10.2. The minimum absolute atomic E-state index is 0.0233. The van der Waals surface area contributed by atoms with E-state index in [0.717, 1.165) is 23.1 Å². The molecule has 3 heteroatoms. The molecule has 0 aromatic heterocycles. The smallest absolute Gasteiger partial charge is 0.0807 e. The van der Waals surface area contributed by atoms with Crippen molar-refractivity contribution in [2.24, 2.45) is 5.73 Å². The van der Waals surface area contributed by atoms with E-state index in [0.29, 0.717) is 13.0 Å². The molecule has 0 fully saturated rings. The van der Waals surface area contributed by atoms with Crippen LogP contribution in [0.5, 0.6) is 0 Å². The molecular formula is C14H23NO2. The summed E-state index contributed by atoms with van der Waals surface area (Å²) in [6.45, 7) is 4.68. The van der Waals surface area contributed by atoms with E-state index >= 15 is 0 Å². The number of aliphatic hydroxyl groups is 1. The first-order chi connectivity index (χ1) is 8.04. The van der Waals surface area contributed by atoms with Gasteiger partial charge in [0.15, 0.2) is 0 Å². The molecule has 0 bridgehead atoms. The normalized spacial score (nSPS) is 14.6. The summed E-state index contributed by atoms with van der Waals surface area (Å²) in [7, 11) is 1.66. The monoisotopic (exact) mass is 237 g/mol. The molecule has 3 N–H and O–H groups in total. The van der Waals surface area contributed by atoms with Crippen LogP contribution in [-0.4, -0.2) is 24.9 Å². The Labute approximate surface area is 104 Å². The Morgan fingerprint density at radius 2 is 2.06 bits per heavy atom. The Morgan fingerprint density at radius 1 is 1.35 bits per heavy atom. The van der Waals surface area contributed by atoms with Crippen molar-refractivity contribution in [1.82, 2.24) is 0 Å². The highest BCUT2D eigenvalue weighted by atomic mass is 16.5. The largest absolute Gasteiger partial charge is 0.388 e. The topological polar surface area (TPSA) is 55.5 Å². The van der Waals surface area contributed by atoms with Crippen LogP contribution < -0.4 is 5.73 Å². The van der Waals surface area contributed by atoms with Gasteiger partial charge < -0.3 is 15.6 Å². The van der Waals surface area contributed by atoms with Crippen LogP contribution in [-0.2, 0) is 4.74 Å². The lowest BCUT2D eigenvalue weighted by molar-refractivity contribution is 0.140. The van der Waals surface area contributed by atoms with Crippen LogP contribution in [0, 0.1) is 13.8 Å². The summed E-state index contributed by atoms with van der Waals surface area (Å²) in [6.07, 6.45) is 0.869. The number of hydrogen-bond acceptors (Lipinski definition) is 3. The third-order valence-electron chi connectivity index (χ3n) is 3.01. The van der Waals surface area contributed by atoms with E-state index in [4.69, 9.17) is 10.5 Å². The zero-order valence-electron chi connectivity index (χ0n) is 10.9. The molecule has 0 aliphatic carbocycles. The molecule has 0 amide bonds. The fourth-order valence-corrected chi connectivity index (χ4v) is 1.92. The number of hydrogen-bond donors (Lipinski definition) is 2. The first-order valence-corrected chi connectivity index (χ1v) is 6.04. The highest BCUT2D eigenvalue weighted by Gasteiger charge is 2.14. The van der Waals surface area contributed by atoms with Gasteiger partial charge in [-0.3, -0.25) is 0 Å². The van der Waals surface area contributed by atoms with Gasteiger partial charge in [0.05, 0.1) is 6.10 Å². The zero-order valence-corrected chi connectivity index (χ0v) is 10.9. The number of rotatable bonds is 6. The molecule has 2 unspecified atom stereocenters. The average molecular weight is 237 g/mol. The summed E-state index contributed by atoms with van der Waals surface area (Å²) in [4.78, 5) is 0. The van der Waals surface area contributed by atoms with Gasteiger partial charge in [0, 0.05) is 19.8 Å². The van der Waals surface area contributed by atoms with Crippen LogP contribution in [0.3, 0.4) is 0 Å². The molecule has 1 aromatic rings. The summed E-state index contributed by atoms with van der Waals surface area (Å²) in [5.41, 5.74) is 9.21. The van der Waals surface area contributed by atoms with Crippen LogP contribution in [0.1, 0.15) is 35.6 Å². The van der Waals surface area contributed by atoms with Gasteiger partial charge in [0.1, 0.15) is 0 Å². The lowest BCUT2D eigenvalue weighted by atomic mass is 9.96. The van der Waals surface area contributed by atoms with Crippen molar-refractivity contribution in [3.05, 3.63) is 34.9 Å². The molecule has 0 spiro atoms. The first kappa shape index (κ1) is 14.2. The van der Waals surface area contributed by atoms with Crippen molar-refractivity contribution in [2.45, 2.75) is 38.8 Å². The molecule has 0 aliphatic heterocycles. The number of aliphatic hydroxyl groups excluding tert-OH is 1. The second kappa shape index (κ2) is 6.74. The molecule has 0 saturated carbocycles. The summed E-state index contributed by atoms with van der Waals surface area (Å²) in [5, 5.41) is 10.2. The molecule has 17 heavy (non-hydrogen) atoms. The number of ether oxygens (including phenoxy) is 1. The van der Waals surface area contributed by atoms with Crippen LogP contribution in [0.25, 0.3) is 0 Å². The predicted molar refractivity (Wildman–Crippen MR) is 70.0 cm³/mol. The Bertz CT molecular complexity index is 352.